The summed E-state index contributed by atoms with van der Waals surface area (Å²) in [5.74, 6) is -1.53. The van der Waals surface area contributed by atoms with Crippen LogP contribution in [0.15, 0.2) is 15.8 Å². The lowest BCUT2D eigenvalue weighted by Gasteiger charge is -2.13. The molecular weight excluding hydrogens is 247 g/mol. The van der Waals surface area contributed by atoms with Gasteiger partial charge in [-0.05, 0) is 6.92 Å². The normalized spacial score (nSPS) is 27.4. The van der Waals surface area contributed by atoms with Gasteiger partial charge in [0.15, 0.2) is 5.78 Å². The molecule has 0 bridgehead atoms. The molecule has 1 aliphatic rings. The molecule has 0 aromatic carbocycles. The number of aliphatic hydroxyl groups is 1. The minimum atomic E-state index is -1.14. The van der Waals surface area contributed by atoms with Gasteiger partial charge in [0, 0.05) is 6.42 Å². The summed E-state index contributed by atoms with van der Waals surface area (Å²) in [6, 6.07) is 0. The molecule has 2 rings (SSSR count). The molecule has 0 saturated carbocycles. The van der Waals surface area contributed by atoms with E-state index in [4.69, 9.17) is 4.74 Å². The fraction of sp³-hybridized carbons (Fsp3) is 0.500. The SMILES string of the molecule is CC(=O)[C@H]1O[C@@H](n2cc(F)c(=O)[nH]c2=O)C[C@@H]1O. The minimum Gasteiger partial charge on any atom is -0.390 e. The van der Waals surface area contributed by atoms with Crippen LogP contribution in [0.3, 0.4) is 0 Å². The number of hydrogen-bond acceptors (Lipinski definition) is 5. The first-order valence-electron chi connectivity index (χ1n) is 5.25. The first-order valence-corrected chi connectivity index (χ1v) is 5.25. The Hall–Kier alpha value is -1.80. The summed E-state index contributed by atoms with van der Waals surface area (Å²) in [6.45, 7) is 1.24. The number of H-pyrrole nitrogens is 1. The van der Waals surface area contributed by atoms with Gasteiger partial charge in [-0.15, -0.1) is 0 Å². The molecule has 1 aromatic rings. The van der Waals surface area contributed by atoms with Gasteiger partial charge in [0.05, 0.1) is 12.3 Å². The van der Waals surface area contributed by atoms with Gasteiger partial charge < -0.3 is 9.84 Å². The molecule has 0 spiro atoms. The standard InChI is InChI=1S/C10H11FN2O5/c1-4(14)8-6(15)2-7(18-8)13-3-5(11)9(16)12-10(13)17/h3,6-8,15H,2H2,1H3,(H,12,16,17)/t6-,7+,8+/m0/s1. The van der Waals surface area contributed by atoms with E-state index in [1.807, 2.05) is 0 Å². The number of hydrogen-bond donors (Lipinski definition) is 2. The Kier molecular flexibility index (Phi) is 3.14. The van der Waals surface area contributed by atoms with E-state index in [1.165, 1.54) is 6.92 Å². The summed E-state index contributed by atoms with van der Waals surface area (Å²) in [6.07, 6.45) is -2.42. The molecule has 3 atom stereocenters. The first kappa shape index (κ1) is 12.7. The zero-order valence-corrected chi connectivity index (χ0v) is 9.42. The zero-order chi connectivity index (χ0) is 13.4. The topological polar surface area (TPSA) is 101 Å². The number of carbonyl (C=O) groups excluding carboxylic acids is 1. The fourth-order valence-corrected chi connectivity index (χ4v) is 1.87. The van der Waals surface area contributed by atoms with E-state index in [0.29, 0.717) is 6.20 Å². The first-order chi connectivity index (χ1) is 8.40. The maximum absolute atomic E-state index is 13.1. The molecule has 1 saturated heterocycles. The van der Waals surface area contributed by atoms with Crippen molar-refractivity contribution in [3.05, 3.63) is 32.9 Å². The average molecular weight is 258 g/mol. The highest BCUT2D eigenvalue weighted by Crippen LogP contribution is 2.27. The maximum Gasteiger partial charge on any atom is 0.330 e. The molecular formula is C10H11FN2O5. The van der Waals surface area contributed by atoms with Crippen LogP contribution in [-0.4, -0.2) is 32.6 Å². The Labute approximate surface area is 99.8 Å². The van der Waals surface area contributed by atoms with Gasteiger partial charge in [0.2, 0.25) is 5.82 Å². The number of rotatable bonds is 2. The molecule has 2 N–H and O–H groups in total. The van der Waals surface area contributed by atoms with Gasteiger partial charge in [0.25, 0.3) is 5.56 Å². The van der Waals surface area contributed by atoms with E-state index in [2.05, 4.69) is 0 Å². The second-order valence-electron chi connectivity index (χ2n) is 4.07. The quantitative estimate of drug-likeness (QED) is 0.702. The summed E-state index contributed by atoms with van der Waals surface area (Å²) in [5, 5.41) is 9.58. The lowest BCUT2D eigenvalue weighted by atomic mass is 10.1. The number of ketones is 1. The van der Waals surface area contributed by atoms with Crippen LogP contribution in [-0.2, 0) is 9.53 Å². The highest BCUT2D eigenvalue weighted by molar-refractivity contribution is 5.81. The van der Waals surface area contributed by atoms with Crippen molar-refractivity contribution in [1.82, 2.24) is 9.55 Å². The average Bonchev–Trinajstić information content (AvgIpc) is 2.65. The smallest absolute Gasteiger partial charge is 0.330 e. The molecule has 0 aliphatic carbocycles. The lowest BCUT2D eigenvalue weighted by molar-refractivity contribution is -0.133. The van der Waals surface area contributed by atoms with Crippen LogP contribution in [0, 0.1) is 5.82 Å². The summed E-state index contributed by atoms with van der Waals surface area (Å²) in [5.41, 5.74) is -1.99. The number of nitrogens with zero attached hydrogens (tertiary/aromatic N) is 1. The fourth-order valence-electron chi connectivity index (χ4n) is 1.87. The molecule has 18 heavy (non-hydrogen) atoms. The molecule has 98 valence electrons. The van der Waals surface area contributed by atoms with Gasteiger partial charge in [-0.1, -0.05) is 0 Å². The van der Waals surface area contributed by atoms with E-state index < -0.39 is 35.5 Å². The van der Waals surface area contributed by atoms with Crippen LogP contribution in [0.4, 0.5) is 4.39 Å². The highest BCUT2D eigenvalue weighted by atomic mass is 19.1. The van der Waals surface area contributed by atoms with E-state index in [1.54, 1.807) is 4.98 Å². The Bertz CT molecular complexity index is 593. The van der Waals surface area contributed by atoms with Crippen LogP contribution in [0.25, 0.3) is 0 Å². The van der Waals surface area contributed by atoms with Crippen molar-refractivity contribution in [2.24, 2.45) is 0 Å². The lowest BCUT2D eigenvalue weighted by Crippen LogP contribution is -2.34. The number of aliphatic hydroxyl groups excluding tert-OH is 1. The molecule has 2 heterocycles. The Balaban J connectivity index is 2.35. The Morgan fingerprint density at radius 3 is 2.83 bits per heavy atom. The summed E-state index contributed by atoms with van der Waals surface area (Å²) < 4.78 is 19.1. The molecule has 0 unspecified atom stereocenters. The predicted molar refractivity (Wildman–Crippen MR) is 56.5 cm³/mol. The zero-order valence-electron chi connectivity index (χ0n) is 9.42. The second kappa shape index (κ2) is 4.46. The van der Waals surface area contributed by atoms with Crippen LogP contribution < -0.4 is 11.2 Å². The van der Waals surface area contributed by atoms with Crippen LogP contribution in [0.2, 0.25) is 0 Å². The summed E-state index contributed by atoms with van der Waals surface area (Å²) in [4.78, 5) is 35.2. The van der Waals surface area contributed by atoms with Crippen molar-refractivity contribution in [3.8, 4) is 0 Å². The van der Waals surface area contributed by atoms with Crippen LogP contribution in [0.1, 0.15) is 19.6 Å². The number of ether oxygens (including phenoxy) is 1. The number of aromatic nitrogens is 2. The third-order valence-electron chi connectivity index (χ3n) is 2.73. The van der Waals surface area contributed by atoms with Crippen molar-refractivity contribution < 1.29 is 19.0 Å². The summed E-state index contributed by atoms with van der Waals surface area (Å²) in [7, 11) is 0. The number of aromatic amines is 1. The minimum absolute atomic E-state index is 0.0321. The van der Waals surface area contributed by atoms with Gasteiger partial charge in [-0.25, -0.2) is 4.79 Å². The van der Waals surface area contributed by atoms with Crippen molar-refractivity contribution in [3.63, 3.8) is 0 Å². The molecule has 1 aromatic heterocycles. The molecule has 8 heteroatoms. The van der Waals surface area contributed by atoms with Crippen LogP contribution in [0.5, 0.6) is 0 Å². The van der Waals surface area contributed by atoms with Gasteiger partial charge in [-0.2, -0.15) is 4.39 Å². The number of Topliss-reactive ketones (excluding diaryl/α,β-unsaturated/α-hetero) is 1. The van der Waals surface area contributed by atoms with Crippen molar-refractivity contribution in [1.29, 1.82) is 0 Å². The van der Waals surface area contributed by atoms with E-state index in [0.717, 1.165) is 4.57 Å². The van der Waals surface area contributed by atoms with E-state index in [9.17, 15) is 23.9 Å². The maximum atomic E-state index is 13.1. The second-order valence-corrected chi connectivity index (χ2v) is 4.07. The molecule has 0 amide bonds. The van der Waals surface area contributed by atoms with Crippen molar-refractivity contribution >= 4 is 5.78 Å². The van der Waals surface area contributed by atoms with Gasteiger partial charge in [0.1, 0.15) is 12.3 Å². The molecule has 1 fully saturated rings. The highest BCUT2D eigenvalue weighted by Gasteiger charge is 2.38. The third-order valence-corrected chi connectivity index (χ3v) is 2.73. The molecule has 0 radical (unpaired) electrons. The van der Waals surface area contributed by atoms with Crippen LogP contribution >= 0.6 is 0 Å². The number of halogens is 1. The Morgan fingerprint density at radius 2 is 2.28 bits per heavy atom. The third kappa shape index (κ3) is 2.12. The van der Waals surface area contributed by atoms with E-state index >= 15 is 0 Å². The van der Waals surface area contributed by atoms with Crippen molar-refractivity contribution in [2.45, 2.75) is 31.8 Å². The van der Waals surface area contributed by atoms with E-state index in [-0.39, 0.29) is 12.2 Å². The summed E-state index contributed by atoms with van der Waals surface area (Å²) >= 11 is 0. The van der Waals surface area contributed by atoms with Gasteiger partial charge in [-0.3, -0.25) is 19.1 Å². The molecule has 7 nitrogen and oxygen atoms in total. The predicted octanol–water partition coefficient (Wildman–Crippen LogP) is -1.09. The van der Waals surface area contributed by atoms with Crippen molar-refractivity contribution in [2.75, 3.05) is 0 Å². The largest absolute Gasteiger partial charge is 0.390 e. The number of carbonyl (C=O) groups is 1. The van der Waals surface area contributed by atoms with Gasteiger partial charge >= 0.3 is 5.69 Å². The molecule has 1 aliphatic heterocycles. The Morgan fingerprint density at radius 1 is 1.61 bits per heavy atom. The monoisotopic (exact) mass is 258 g/mol. The number of nitrogens with one attached hydrogen (secondary N) is 1.